The molecular weight excluding hydrogens is 201 g/mol. The summed E-state index contributed by atoms with van der Waals surface area (Å²) in [5.41, 5.74) is 0.375. The van der Waals surface area contributed by atoms with Gasteiger partial charge >= 0.3 is 7.12 Å². The van der Waals surface area contributed by atoms with Gasteiger partial charge in [0.2, 0.25) is 0 Å². The molecule has 4 nitrogen and oxygen atoms in total. The predicted molar refractivity (Wildman–Crippen MR) is 57.0 cm³/mol. The van der Waals surface area contributed by atoms with Crippen LogP contribution in [-0.2, 0) is 9.73 Å². The molecule has 0 aliphatic carbocycles. The van der Waals surface area contributed by atoms with Crippen LogP contribution in [0.5, 0.6) is 0 Å². The standard InChI is InChI=1S/C8H12BNO3S/c1-10-14(2,13)8-5-3-7(4-6-8)9(11)12/h3-6,11-12H,1-2H3. The van der Waals surface area contributed by atoms with Gasteiger partial charge in [-0.05, 0) is 17.6 Å². The minimum atomic E-state index is -2.33. The summed E-state index contributed by atoms with van der Waals surface area (Å²) in [5, 5.41) is 17.7. The van der Waals surface area contributed by atoms with Gasteiger partial charge in [-0.2, -0.15) is 0 Å². The van der Waals surface area contributed by atoms with Crippen molar-refractivity contribution in [3.8, 4) is 0 Å². The molecule has 1 unspecified atom stereocenters. The van der Waals surface area contributed by atoms with Crippen LogP contribution < -0.4 is 5.46 Å². The Morgan fingerprint density at radius 3 is 2.14 bits per heavy atom. The highest BCUT2D eigenvalue weighted by molar-refractivity contribution is 7.93. The van der Waals surface area contributed by atoms with Gasteiger partial charge in [-0.25, -0.2) is 8.57 Å². The molecule has 1 aromatic rings. The van der Waals surface area contributed by atoms with Crippen molar-refractivity contribution in [3.05, 3.63) is 24.3 Å². The van der Waals surface area contributed by atoms with Gasteiger partial charge in [-0.3, -0.25) is 0 Å². The summed E-state index contributed by atoms with van der Waals surface area (Å²) in [6, 6.07) is 6.22. The van der Waals surface area contributed by atoms with Crippen molar-refractivity contribution in [2.75, 3.05) is 13.3 Å². The third kappa shape index (κ3) is 2.34. The first kappa shape index (κ1) is 11.2. The second-order valence-corrected chi connectivity index (χ2v) is 5.37. The molecular formula is C8H12BNO3S. The molecule has 76 valence electrons. The van der Waals surface area contributed by atoms with E-state index in [0.29, 0.717) is 10.4 Å². The molecule has 0 saturated heterocycles. The first-order valence-corrected chi connectivity index (χ1v) is 5.96. The smallest absolute Gasteiger partial charge is 0.423 e. The minimum Gasteiger partial charge on any atom is -0.423 e. The summed E-state index contributed by atoms with van der Waals surface area (Å²) >= 11 is 0. The molecule has 0 radical (unpaired) electrons. The molecule has 14 heavy (non-hydrogen) atoms. The highest BCUT2D eigenvalue weighted by Gasteiger charge is 2.11. The highest BCUT2D eigenvalue weighted by atomic mass is 32.2. The predicted octanol–water partition coefficient (Wildman–Crippen LogP) is -0.547. The van der Waals surface area contributed by atoms with Gasteiger partial charge in [0.25, 0.3) is 0 Å². The zero-order chi connectivity index (χ0) is 10.8. The average Bonchev–Trinajstić information content (AvgIpc) is 2.18. The van der Waals surface area contributed by atoms with E-state index in [4.69, 9.17) is 10.0 Å². The van der Waals surface area contributed by atoms with E-state index in [1.165, 1.54) is 25.4 Å². The van der Waals surface area contributed by atoms with Gasteiger partial charge in [0.15, 0.2) is 0 Å². The summed E-state index contributed by atoms with van der Waals surface area (Å²) in [6.07, 6.45) is 1.54. The van der Waals surface area contributed by atoms with E-state index in [0.717, 1.165) is 0 Å². The number of hydrogen-bond acceptors (Lipinski definition) is 4. The second-order valence-electron chi connectivity index (χ2n) is 2.93. The SMILES string of the molecule is CN=S(C)(=O)c1ccc(B(O)O)cc1. The van der Waals surface area contributed by atoms with Crippen LogP contribution in [0.2, 0.25) is 0 Å². The lowest BCUT2D eigenvalue weighted by Gasteiger charge is -2.04. The van der Waals surface area contributed by atoms with Crippen LogP contribution >= 0.6 is 0 Å². The van der Waals surface area contributed by atoms with Crippen molar-refractivity contribution in [3.63, 3.8) is 0 Å². The van der Waals surface area contributed by atoms with Crippen molar-refractivity contribution in [2.45, 2.75) is 4.90 Å². The lowest BCUT2D eigenvalue weighted by Crippen LogP contribution is -2.29. The largest absolute Gasteiger partial charge is 0.488 e. The van der Waals surface area contributed by atoms with Gasteiger partial charge in [-0.15, -0.1) is 0 Å². The molecule has 6 heteroatoms. The zero-order valence-corrected chi connectivity index (χ0v) is 8.86. The summed E-state index contributed by atoms with van der Waals surface area (Å²) < 4.78 is 15.5. The Kier molecular flexibility index (Phi) is 3.31. The molecule has 0 saturated carbocycles. The molecule has 0 amide bonds. The minimum absolute atomic E-state index is 0.375. The molecule has 0 heterocycles. The van der Waals surface area contributed by atoms with Gasteiger partial charge in [0.1, 0.15) is 0 Å². The molecule has 0 aliphatic rings. The molecule has 1 rings (SSSR count). The van der Waals surface area contributed by atoms with E-state index < -0.39 is 16.8 Å². The lowest BCUT2D eigenvalue weighted by molar-refractivity contribution is 0.425. The van der Waals surface area contributed by atoms with Crippen LogP contribution in [0.15, 0.2) is 33.5 Å². The molecule has 0 fully saturated rings. The molecule has 1 atom stereocenters. The Hall–Kier alpha value is -0.845. The summed E-state index contributed by atoms with van der Waals surface area (Å²) in [4.78, 5) is 0.587. The third-order valence-electron chi connectivity index (χ3n) is 1.96. The van der Waals surface area contributed by atoms with Crippen molar-refractivity contribution in [1.29, 1.82) is 0 Å². The Balaban J connectivity index is 3.13. The van der Waals surface area contributed by atoms with Gasteiger partial charge in [0, 0.05) is 18.2 Å². The monoisotopic (exact) mass is 213 g/mol. The van der Waals surface area contributed by atoms with Crippen LogP contribution in [0.3, 0.4) is 0 Å². The highest BCUT2D eigenvalue weighted by Crippen LogP contribution is 2.08. The van der Waals surface area contributed by atoms with Crippen molar-refractivity contribution >= 4 is 22.3 Å². The van der Waals surface area contributed by atoms with E-state index in [1.807, 2.05) is 0 Å². The zero-order valence-electron chi connectivity index (χ0n) is 8.04. The fourth-order valence-electron chi connectivity index (χ4n) is 0.998. The maximum atomic E-state index is 11.7. The Morgan fingerprint density at radius 2 is 1.79 bits per heavy atom. The molecule has 0 aromatic heterocycles. The van der Waals surface area contributed by atoms with Gasteiger partial charge in [-0.1, -0.05) is 12.1 Å². The van der Waals surface area contributed by atoms with Crippen molar-refractivity contribution < 1.29 is 14.3 Å². The van der Waals surface area contributed by atoms with Gasteiger partial charge in [0.05, 0.1) is 9.73 Å². The van der Waals surface area contributed by atoms with Crippen LogP contribution in [0, 0.1) is 0 Å². The Bertz CT molecular complexity index is 421. The maximum absolute atomic E-state index is 11.7. The average molecular weight is 213 g/mol. The van der Waals surface area contributed by atoms with E-state index in [9.17, 15) is 4.21 Å². The number of nitrogens with zero attached hydrogens (tertiary/aromatic N) is 1. The van der Waals surface area contributed by atoms with Crippen molar-refractivity contribution in [2.24, 2.45) is 4.36 Å². The normalized spacial score (nSPS) is 14.6. The molecule has 1 aromatic carbocycles. The first-order chi connectivity index (χ1) is 6.47. The first-order valence-electron chi connectivity index (χ1n) is 4.04. The number of hydrogen-bond donors (Lipinski definition) is 2. The fraction of sp³-hybridized carbons (Fsp3) is 0.250. The van der Waals surface area contributed by atoms with E-state index in [2.05, 4.69) is 4.36 Å². The topological polar surface area (TPSA) is 69.9 Å². The molecule has 0 bridgehead atoms. The Labute approximate surface area is 83.9 Å². The maximum Gasteiger partial charge on any atom is 0.488 e. The van der Waals surface area contributed by atoms with Crippen LogP contribution in [0.4, 0.5) is 0 Å². The Morgan fingerprint density at radius 1 is 1.29 bits per heavy atom. The quantitative estimate of drug-likeness (QED) is 0.647. The fourth-order valence-corrected chi connectivity index (χ4v) is 1.85. The number of rotatable bonds is 2. The van der Waals surface area contributed by atoms with Crippen molar-refractivity contribution in [1.82, 2.24) is 0 Å². The molecule has 0 aliphatic heterocycles. The second kappa shape index (κ2) is 4.12. The summed E-state index contributed by atoms with van der Waals surface area (Å²) in [5.74, 6) is 0. The van der Waals surface area contributed by atoms with E-state index in [1.54, 1.807) is 12.1 Å². The summed E-state index contributed by atoms with van der Waals surface area (Å²) in [6.45, 7) is 0. The van der Waals surface area contributed by atoms with Crippen LogP contribution in [-0.4, -0.2) is 34.7 Å². The summed E-state index contributed by atoms with van der Waals surface area (Å²) in [7, 11) is -2.32. The molecule has 0 spiro atoms. The van der Waals surface area contributed by atoms with Crippen LogP contribution in [0.1, 0.15) is 0 Å². The lowest BCUT2D eigenvalue weighted by atomic mass is 9.81. The van der Waals surface area contributed by atoms with E-state index >= 15 is 0 Å². The van der Waals surface area contributed by atoms with Crippen LogP contribution in [0.25, 0.3) is 0 Å². The van der Waals surface area contributed by atoms with E-state index in [-0.39, 0.29) is 0 Å². The third-order valence-corrected chi connectivity index (χ3v) is 3.81. The van der Waals surface area contributed by atoms with Gasteiger partial charge < -0.3 is 10.0 Å². The number of benzene rings is 1. The molecule has 2 N–H and O–H groups in total.